The minimum absolute atomic E-state index is 0.0206. The fourth-order valence-corrected chi connectivity index (χ4v) is 6.27. The summed E-state index contributed by atoms with van der Waals surface area (Å²) in [6.45, 7) is 6.55. The van der Waals surface area contributed by atoms with Crippen molar-refractivity contribution >= 4 is 0 Å². The van der Waals surface area contributed by atoms with Crippen molar-refractivity contribution in [3.05, 3.63) is 58.7 Å². The van der Waals surface area contributed by atoms with E-state index in [9.17, 15) is 22.0 Å². The zero-order chi connectivity index (χ0) is 24.8. The molecule has 0 aromatic heterocycles. The molecule has 0 saturated heterocycles. The molecule has 0 radical (unpaired) electrons. The van der Waals surface area contributed by atoms with Crippen molar-refractivity contribution in [1.82, 2.24) is 0 Å². The third-order valence-corrected chi connectivity index (χ3v) is 8.04. The van der Waals surface area contributed by atoms with E-state index in [0.717, 1.165) is 37.8 Å². The Labute approximate surface area is 197 Å². The summed E-state index contributed by atoms with van der Waals surface area (Å²) in [4.78, 5) is 0. The predicted octanol–water partition coefficient (Wildman–Crippen LogP) is 9.25. The normalized spacial score (nSPS) is 25.2. The maximum absolute atomic E-state index is 15.5. The molecule has 0 aliphatic heterocycles. The van der Waals surface area contributed by atoms with Gasteiger partial charge in [0.05, 0.1) is 11.1 Å². The van der Waals surface area contributed by atoms with Crippen LogP contribution in [0.4, 0.5) is 26.3 Å². The Balaban J connectivity index is 1.65. The average Bonchev–Trinajstić information content (AvgIpc) is 2.77. The van der Waals surface area contributed by atoms with E-state index in [4.69, 9.17) is 0 Å². The highest BCUT2D eigenvalue weighted by Crippen LogP contribution is 2.59. The minimum Gasteiger partial charge on any atom is -0.206 e. The predicted molar refractivity (Wildman–Crippen MR) is 122 cm³/mol. The van der Waals surface area contributed by atoms with E-state index in [0.29, 0.717) is 30.1 Å². The molecular weight excluding hydrogens is 450 g/mol. The molecule has 0 spiro atoms. The Bertz CT molecular complexity index is 1040. The van der Waals surface area contributed by atoms with Crippen LogP contribution in [0.5, 0.6) is 0 Å². The molecule has 2 aliphatic carbocycles. The van der Waals surface area contributed by atoms with Gasteiger partial charge in [0, 0.05) is 0 Å². The second kappa shape index (κ2) is 9.23. The van der Waals surface area contributed by atoms with Crippen molar-refractivity contribution in [2.24, 2.45) is 23.7 Å². The van der Waals surface area contributed by atoms with Crippen molar-refractivity contribution in [2.75, 3.05) is 0 Å². The van der Waals surface area contributed by atoms with Crippen LogP contribution in [0.3, 0.4) is 0 Å². The van der Waals surface area contributed by atoms with Crippen LogP contribution >= 0.6 is 0 Å². The Morgan fingerprint density at radius 3 is 2.24 bits per heavy atom. The largest absolute Gasteiger partial charge is 0.343 e. The van der Waals surface area contributed by atoms with Gasteiger partial charge < -0.3 is 0 Å². The molecule has 1 saturated carbocycles. The van der Waals surface area contributed by atoms with Gasteiger partial charge in [-0.1, -0.05) is 64.3 Å². The van der Waals surface area contributed by atoms with Gasteiger partial charge >= 0.3 is 11.8 Å². The number of benzene rings is 2. The van der Waals surface area contributed by atoms with Crippen molar-refractivity contribution in [3.8, 4) is 11.1 Å². The first kappa shape index (κ1) is 25.1. The molecule has 2 aliphatic rings. The SMILES string of the molecule is CCCC1CCC(CCc2ccc3c(c2F)C(F)(F)C(F)(F)c2c(F)cccc2-3)C(C(C)C)C1. The Kier molecular flexibility index (Phi) is 6.82. The van der Waals surface area contributed by atoms with Crippen molar-refractivity contribution in [3.63, 3.8) is 0 Å². The summed E-state index contributed by atoms with van der Waals surface area (Å²) in [5.41, 5.74) is -3.42. The van der Waals surface area contributed by atoms with Crippen molar-refractivity contribution in [2.45, 2.75) is 77.6 Å². The van der Waals surface area contributed by atoms with Crippen LogP contribution in [0.15, 0.2) is 30.3 Å². The van der Waals surface area contributed by atoms with Gasteiger partial charge in [-0.25, -0.2) is 8.78 Å². The van der Waals surface area contributed by atoms with Crippen LogP contribution in [0.25, 0.3) is 11.1 Å². The number of aryl methyl sites for hydroxylation is 1. The third kappa shape index (κ3) is 4.05. The third-order valence-electron chi connectivity index (χ3n) is 8.04. The van der Waals surface area contributed by atoms with E-state index < -0.39 is 34.6 Å². The number of rotatable bonds is 6. The van der Waals surface area contributed by atoms with Gasteiger partial charge in [-0.2, -0.15) is 17.6 Å². The lowest BCUT2D eigenvalue weighted by molar-refractivity contribution is -0.227. The lowest BCUT2D eigenvalue weighted by atomic mass is 9.67. The first-order valence-corrected chi connectivity index (χ1v) is 12.4. The van der Waals surface area contributed by atoms with Gasteiger partial charge in [-0.15, -0.1) is 0 Å². The molecule has 0 amide bonds. The second-order valence-electron chi connectivity index (χ2n) is 10.4. The van der Waals surface area contributed by atoms with E-state index in [-0.39, 0.29) is 23.1 Å². The number of fused-ring (bicyclic) bond motifs is 3. The first-order valence-electron chi connectivity index (χ1n) is 12.4. The molecule has 2 aromatic rings. The molecular formula is C28H32F6. The topological polar surface area (TPSA) is 0 Å². The van der Waals surface area contributed by atoms with Gasteiger partial charge in [-0.3, -0.25) is 0 Å². The molecule has 3 unspecified atom stereocenters. The number of hydrogen-bond donors (Lipinski definition) is 0. The second-order valence-corrected chi connectivity index (χ2v) is 10.4. The molecule has 0 heterocycles. The molecule has 0 bridgehead atoms. The molecule has 34 heavy (non-hydrogen) atoms. The smallest absolute Gasteiger partial charge is 0.206 e. The van der Waals surface area contributed by atoms with Crippen molar-refractivity contribution in [1.29, 1.82) is 0 Å². The summed E-state index contributed by atoms with van der Waals surface area (Å²) in [6.07, 6.45) is 6.43. The number of halogens is 6. The van der Waals surface area contributed by atoms with Gasteiger partial charge in [0.2, 0.25) is 0 Å². The Hall–Kier alpha value is -1.98. The number of hydrogen-bond acceptors (Lipinski definition) is 0. The quantitative estimate of drug-likeness (QED) is 0.360. The van der Waals surface area contributed by atoms with Crippen LogP contribution in [0.2, 0.25) is 0 Å². The molecule has 186 valence electrons. The van der Waals surface area contributed by atoms with Crippen LogP contribution < -0.4 is 0 Å². The molecule has 0 N–H and O–H groups in total. The van der Waals surface area contributed by atoms with E-state index >= 15 is 4.39 Å². The summed E-state index contributed by atoms with van der Waals surface area (Å²) in [6, 6.07) is 5.67. The van der Waals surface area contributed by atoms with Gasteiger partial charge in [0.15, 0.2) is 0 Å². The fourth-order valence-electron chi connectivity index (χ4n) is 6.27. The molecule has 4 rings (SSSR count). The van der Waals surface area contributed by atoms with E-state index in [2.05, 4.69) is 20.8 Å². The monoisotopic (exact) mass is 482 g/mol. The van der Waals surface area contributed by atoms with Gasteiger partial charge in [-0.05, 0) is 72.1 Å². The average molecular weight is 483 g/mol. The highest BCUT2D eigenvalue weighted by molar-refractivity contribution is 5.76. The summed E-state index contributed by atoms with van der Waals surface area (Å²) in [5.74, 6) is -10.4. The van der Waals surface area contributed by atoms with Gasteiger partial charge in [0.1, 0.15) is 11.6 Å². The maximum atomic E-state index is 15.5. The lowest BCUT2D eigenvalue weighted by Crippen LogP contribution is -2.41. The highest BCUT2D eigenvalue weighted by Gasteiger charge is 2.65. The van der Waals surface area contributed by atoms with Crippen LogP contribution in [-0.4, -0.2) is 0 Å². The highest BCUT2D eigenvalue weighted by atomic mass is 19.3. The molecule has 3 atom stereocenters. The summed E-state index contributed by atoms with van der Waals surface area (Å²) in [7, 11) is 0. The van der Waals surface area contributed by atoms with Crippen molar-refractivity contribution < 1.29 is 26.3 Å². The molecule has 0 nitrogen and oxygen atoms in total. The van der Waals surface area contributed by atoms with Crippen LogP contribution in [-0.2, 0) is 18.3 Å². The van der Waals surface area contributed by atoms with E-state index in [1.807, 2.05) is 0 Å². The summed E-state index contributed by atoms with van der Waals surface area (Å²) in [5, 5.41) is 0. The van der Waals surface area contributed by atoms with E-state index in [1.54, 1.807) is 0 Å². The van der Waals surface area contributed by atoms with E-state index in [1.165, 1.54) is 24.6 Å². The van der Waals surface area contributed by atoms with Gasteiger partial charge in [0.25, 0.3) is 0 Å². The fraction of sp³-hybridized carbons (Fsp3) is 0.571. The molecule has 6 heteroatoms. The van der Waals surface area contributed by atoms with Crippen LogP contribution in [0.1, 0.15) is 76.0 Å². The standard InChI is InChI=1S/C28H32F6/c1-4-6-17-9-10-18(22(15-17)16(2)3)11-12-19-13-14-21-20-7-5-8-23(29)24(20)27(31,32)28(33,34)25(21)26(19)30/h5,7-8,13-14,16-18,22H,4,6,9-12,15H2,1-3H3. The Morgan fingerprint density at radius 2 is 1.56 bits per heavy atom. The summed E-state index contributed by atoms with van der Waals surface area (Å²) < 4.78 is 89.2. The lowest BCUT2D eigenvalue weighted by Gasteiger charge is -2.39. The first-order chi connectivity index (χ1) is 16.0. The van der Waals surface area contributed by atoms with Crippen LogP contribution in [0, 0.1) is 35.3 Å². The zero-order valence-electron chi connectivity index (χ0n) is 19.9. The molecule has 1 fully saturated rings. The summed E-state index contributed by atoms with van der Waals surface area (Å²) >= 11 is 0. The minimum atomic E-state index is -4.85. The Morgan fingerprint density at radius 1 is 0.882 bits per heavy atom. The molecule has 2 aromatic carbocycles. The number of alkyl halides is 4. The zero-order valence-corrected chi connectivity index (χ0v) is 19.9. The maximum Gasteiger partial charge on any atom is 0.343 e.